The van der Waals surface area contributed by atoms with E-state index in [0.717, 1.165) is 0 Å². The number of halogens is 3. The monoisotopic (exact) mass is 466 g/mol. The zero-order valence-electron chi connectivity index (χ0n) is 17.5. The molecule has 0 spiro atoms. The summed E-state index contributed by atoms with van der Waals surface area (Å²) in [6.07, 6.45) is -5.21. The van der Waals surface area contributed by atoms with Crippen molar-refractivity contribution in [2.24, 2.45) is 0 Å². The Morgan fingerprint density at radius 3 is 1.53 bits per heavy atom. The molecule has 0 atom stereocenters. The second-order valence-electron chi connectivity index (χ2n) is 6.41. The highest BCUT2D eigenvalue weighted by molar-refractivity contribution is 8.30. The Morgan fingerprint density at radius 2 is 1.19 bits per heavy atom. The van der Waals surface area contributed by atoms with Crippen molar-refractivity contribution >= 4 is 16.3 Å². The van der Waals surface area contributed by atoms with E-state index in [1.807, 2.05) is 0 Å². The third kappa shape index (κ3) is 4.34. The summed E-state index contributed by atoms with van der Waals surface area (Å²) in [4.78, 5) is 13.2. The van der Waals surface area contributed by atoms with Crippen LogP contribution in [0.5, 0.6) is 17.2 Å². The average Bonchev–Trinajstić information content (AvgIpc) is 2.82. The molecule has 170 valence electrons. The van der Waals surface area contributed by atoms with Crippen LogP contribution in [0.3, 0.4) is 0 Å². The minimum Gasteiger partial charge on any atom is -0.496 e. The molecule has 0 bridgehead atoms. The van der Waals surface area contributed by atoms with Crippen molar-refractivity contribution in [2.75, 3.05) is 21.3 Å². The normalized spacial score (nSPS) is 12.1. The van der Waals surface area contributed by atoms with Gasteiger partial charge < -0.3 is 18.4 Å². The standard InChI is InChI=1S/C23H21F3O5S/c1-28-16-14-19(29-2)21(20(15-16)30-3)32(17-10-6-4-7-11-17,18-12-8-5-9-13-18)31-22(27)23(24,25)26/h4-15H,1-3H3. The van der Waals surface area contributed by atoms with Crippen LogP contribution in [0.1, 0.15) is 0 Å². The fraction of sp³-hybridized carbons (Fsp3) is 0.174. The van der Waals surface area contributed by atoms with Crippen molar-refractivity contribution in [3.05, 3.63) is 72.8 Å². The highest BCUT2D eigenvalue weighted by Crippen LogP contribution is 2.74. The van der Waals surface area contributed by atoms with Crippen LogP contribution in [-0.2, 0) is 8.98 Å². The van der Waals surface area contributed by atoms with Gasteiger partial charge in [0.25, 0.3) is 0 Å². The molecule has 0 radical (unpaired) electrons. The lowest BCUT2D eigenvalue weighted by atomic mass is 10.3. The summed E-state index contributed by atoms with van der Waals surface area (Å²) in [7, 11) is 0.865. The van der Waals surface area contributed by atoms with E-state index in [1.165, 1.54) is 33.5 Å². The van der Waals surface area contributed by atoms with Crippen LogP contribution in [-0.4, -0.2) is 33.5 Å². The number of rotatable bonds is 7. The van der Waals surface area contributed by atoms with Gasteiger partial charge >= 0.3 is 12.1 Å². The van der Waals surface area contributed by atoms with Crippen molar-refractivity contribution in [3.63, 3.8) is 0 Å². The summed E-state index contributed by atoms with van der Waals surface area (Å²) < 4.78 is 62.2. The van der Waals surface area contributed by atoms with Crippen molar-refractivity contribution in [1.82, 2.24) is 0 Å². The van der Waals surface area contributed by atoms with Gasteiger partial charge in [0.2, 0.25) is 0 Å². The van der Waals surface area contributed by atoms with E-state index < -0.39 is 22.5 Å². The van der Waals surface area contributed by atoms with Gasteiger partial charge in [-0.25, -0.2) is 4.79 Å². The maximum atomic E-state index is 13.5. The van der Waals surface area contributed by atoms with Crippen LogP contribution in [0.2, 0.25) is 0 Å². The summed E-state index contributed by atoms with van der Waals surface area (Å²) >= 11 is 0. The van der Waals surface area contributed by atoms with Crippen molar-refractivity contribution in [2.45, 2.75) is 20.9 Å². The Bertz CT molecular complexity index is 1010. The fourth-order valence-corrected chi connectivity index (χ4v) is 6.42. The third-order valence-corrected chi connectivity index (χ3v) is 7.79. The second kappa shape index (κ2) is 9.44. The Hall–Kier alpha value is -3.33. The van der Waals surface area contributed by atoms with Gasteiger partial charge in [-0.1, -0.05) is 36.4 Å². The smallest absolute Gasteiger partial charge is 0.491 e. The maximum absolute atomic E-state index is 13.5. The van der Waals surface area contributed by atoms with Gasteiger partial charge in [0.05, 0.1) is 21.3 Å². The Labute approximate surface area is 185 Å². The molecular formula is C23H21F3O5S. The number of hydrogen-bond donors (Lipinski definition) is 0. The van der Waals surface area contributed by atoms with E-state index in [4.69, 9.17) is 18.4 Å². The van der Waals surface area contributed by atoms with Gasteiger partial charge in [0, 0.05) is 32.2 Å². The zero-order valence-corrected chi connectivity index (χ0v) is 18.3. The SMILES string of the molecule is COc1cc(OC)c(S(OC(=O)C(F)(F)F)(c2ccccc2)c2ccccc2)c(OC)c1. The average molecular weight is 466 g/mol. The van der Waals surface area contributed by atoms with E-state index in [0.29, 0.717) is 15.5 Å². The molecule has 0 aliphatic heterocycles. The fourth-order valence-electron chi connectivity index (χ4n) is 3.15. The highest BCUT2D eigenvalue weighted by atomic mass is 32.3. The van der Waals surface area contributed by atoms with Crippen molar-refractivity contribution in [1.29, 1.82) is 0 Å². The zero-order chi connectivity index (χ0) is 23.4. The molecule has 9 heteroatoms. The maximum Gasteiger partial charge on any atom is 0.491 e. The minimum absolute atomic E-state index is 0.152. The lowest BCUT2D eigenvalue weighted by molar-refractivity contribution is -0.188. The summed E-state index contributed by atoms with van der Waals surface area (Å²) in [5, 5.41) is 0. The molecule has 0 aromatic heterocycles. The van der Waals surface area contributed by atoms with Crippen LogP contribution in [0.15, 0.2) is 87.5 Å². The topological polar surface area (TPSA) is 54.0 Å². The van der Waals surface area contributed by atoms with E-state index in [9.17, 15) is 18.0 Å². The van der Waals surface area contributed by atoms with Crippen LogP contribution < -0.4 is 14.2 Å². The number of alkyl halides is 3. The van der Waals surface area contributed by atoms with Gasteiger partial charge in [0.1, 0.15) is 22.1 Å². The molecule has 0 heterocycles. The molecule has 5 nitrogen and oxygen atoms in total. The Balaban J connectivity index is 2.49. The second-order valence-corrected chi connectivity index (χ2v) is 9.04. The van der Waals surface area contributed by atoms with Gasteiger partial charge in [-0.3, -0.25) is 0 Å². The predicted molar refractivity (Wildman–Crippen MR) is 114 cm³/mol. The van der Waals surface area contributed by atoms with Gasteiger partial charge in [-0.2, -0.15) is 13.2 Å². The molecule has 32 heavy (non-hydrogen) atoms. The lowest BCUT2D eigenvalue weighted by Crippen LogP contribution is -2.27. The number of ether oxygens (including phenoxy) is 3. The van der Waals surface area contributed by atoms with Crippen LogP contribution in [0, 0.1) is 0 Å². The Morgan fingerprint density at radius 1 is 0.750 bits per heavy atom. The summed E-state index contributed by atoms with van der Waals surface area (Å²) in [6, 6.07) is 19.5. The number of benzene rings is 3. The molecule has 0 unspecified atom stereocenters. The van der Waals surface area contributed by atoms with Crippen LogP contribution in [0.4, 0.5) is 13.2 Å². The molecule has 0 amide bonds. The largest absolute Gasteiger partial charge is 0.496 e. The number of methoxy groups -OCH3 is 3. The van der Waals surface area contributed by atoms with E-state index in [1.54, 1.807) is 60.7 Å². The highest BCUT2D eigenvalue weighted by Gasteiger charge is 2.49. The summed E-state index contributed by atoms with van der Waals surface area (Å²) in [5.74, 6) is -1.66. The van der Waals surface area contributed by atoms with Gasteiger partial charge in [-0.05, 0) is 24.3 Å². The first-order chi connectivity index (χ1) is 15.3. The first-order valence-corrected chi connectivity index (χ1v) is 10.9. The first kappa shape index (κ1) is 23.3. The quantitative estimate of drug-likeness (QED) is 0.427. The molecule has 0 saturated heterocycles. The van der Waals surface area contributed by atoms with Crippen molar-refractivity contribution < 1.29 is 36.4 Å². The minimum atomic E-state index is -5.21. The van der Waals surface area contributed by atoms with Gasteiger partial charge in [0.15, 0.2) is 0 Å². The number of carbonyl (C=O) groups excluding carboxylic acids is 1. The van der Waals surface area contributed by atoms with E-state index in [-0.39, 0.29) is 16.4 Å². The molecule has 3 rings (SSSR count). The predicted octanol–water partition coefficient (Wildman–Crippen LogP) is 6.01. The third-order valence-electron chi connectivity index (χ3n) is 4.54. The molecular weight excluding hydrogens is 445 g/mol. The summed E-state index contributed by atoms with van der Waals surface area (Å²) in [5.41, 5.74) is 0. The van der Waals surface area contributed by atoms with Gasteiger partial charge in [-0.15, -0.1) is 0 Å². The van der Waals surface area contributed by atoms with E-state index >= 15 is 0 Å². The lowest BCUT2D eigenvalue weighted by Gasteiger charge is -2.41. The molecule has 3 aromatic carbocycles. The first-order valence-electron chi connectivity index (χ1n) is 9.32. The van der Waals surface area contributed by atoms with Crippen LogP contribution >= 0.6 is 10.3 Å². The molecule has 0 N–H and O–H groups in total. The molecule has 0 aliphatic rings. The number of carbonyl (C=O) groups is 1. The number of hydrogen-bond acceptors (Lipinski definition) is 5. The molecule has 0 aliphatic carbocycles. The van der Waals surface area contributed by atoms with Crippen LogP contribution in [0.25, 0.3) is 0 Å². The molecule has 0 saturated carbocycles. The Kier molecular flexibility index (Phi) is 6.88. The summed E-state index contributed by atoms with van der Waals surface area (Å²) in [6.45, 7) is 0. The van der Waals surface area contributed by atoms with E-state index in [2.05, 4.69) is 0 Å². The molecule has 3 aromatic rings. The van der Waals surface area contributed by atoms with Crippen molar-refractivity contribution in [3.8, 4) is 17.2 Å². The molecule has 0 fully saturated rings.